The monoisotopic (exact) mass is 205 g/mol. The van der Waals surface area contributed by atoms with Crippen LogP contribution in [-0.4, -0.2) is 25.8 Å². The number of nitrogens with zero attached hydrogens (tertiary/aromatic N) is 3. The van der Waals surface area contributed by atoms with Crippen molar-refractivity contribution in [2.45, 2.75) is 26.4 Å². The molecule has 80 valence electrons. The van der Waals surface area contributed by atoms with E-state index in [-0.39, 0.29) is 6.04 Å². The highest BCUT2D eigenvalue weighted by molar-refractivity contribution is 5.26. The SMILES string of the molecule is Cc1cnc(NC(C)Cn2cccn2)[nH]1. The minimum atomic E-state index is 0.287. The molecule has 0 bridgehead atoms. The molecular weight excluding hydrogens is 190 g/mol. The summed E-state index contributed by atoms with van der Waals surface area (Å²) in [5.74, 6) is 0.812. The molecule has 2 rings (SSSR count). The standard InChI is InChI=1S/C10H15N5/c1-8-6-11-10(13-8)14-9(2)7-15-5-3-4-12-15/h3-6,9H,7H2,1-2H3,(H2,11,13,14). The van der Waals surface area contributed by atoms with Crippen molar-refractivity contribution >= 4 is 5.95 Å². The Morgan fingerprint density at radius 2 is 2.47 bits per heavy atom. The van der Waals surface area contributed by atoms with Gasteiger partial charge in [0.15, 0.2) is 0 Å². The van der Waals surface area contributed by atoms with E-state index >= 15 is 0 Å². The van der Waals surface area contributed by atoms with Gasteiger partial charge in [0, 0.05) is 30.3 Å². The van der Waals surface area contributed by atoms with E-state index in [1.54, 1.807) is 6.20 Å². The van der Waals surface area contributed by atoms with E-state index in [0.29, 0.717) is 0 Å². The highest BCUT2D eigenvalue weighted by atomic mass is 15.3. The van der Waals surface area contributed by atoms with Gasteiger partial charge < -0.3 is 10.3 Å². The maximum Gasteiger partial charge on any atom is 0.200 e. The third kappa shape index (κ3) is 2.59. The fourth-order valence-electron chi connectivity index (χ4n) is 1.45. The van der Waals surface area contributed by atoms with Crippen molar-refractivity contribution in [1.82, 2.24) is 19.7 Å². The minimum absolute atomic E-state index is 0.287. The normalized spacial score (nSPS) is 12.7. The lowest BCUT2D eigenvalue weighted by atomic mass is 10.3. The van der Waals surface area contributed by atoms with Gasteiger partial charge in [-0.25, -0.2) is 4.98 Å². The summed E-state index contributed by atoms with van der Waals surface area (Å²) >= 11 is 0. The van der Waals surface area contributed by atoms with Crippen molar-refractivity contribution in [3.05, 3.63) is 30.4 Å². The summed E-state index contributed by atoms with van der Waals surface area (Å²) in [6.45, 7) is 4.91. The Bertz CT molecular complexity index is 403. The number of nitrogens with one attached hydrogen (secondary N) is 2. The molecule has 2 heterocycles. The molecule has 2 N–H and O–H groups in total. The van der Waals surface area contributed by atoms with Gasteiger partial charge in [0.1, 0.15) is 0 Å². The third-order valence-electron chi connectivity index (χ3n) is 2.11. The molecule has 5 heteroatoms. The van der Waals surface area contributed by atoms with E-state index in [4.69, 9.17) is 0 Å². The lowest BCUT2D eigenvalue weighted by Crippen LogP contribution is -2.22. The molecule has 15 heavy (non-hydrogen) atoms. The Kier molecular flexibility index (Phi) is 2.71. The Morgan fingerprint density at radius 3 is 3.07 bits per heavy atom. The topological polar surface area (TPSA) is 58.5 Å². The van der Waals surface area contributed by atoms with Crippen molar-refractivity contribution < 1.29 is 0 Å². The van der Waals surface area contributed by atoms with E-state index in [0.717, 1.165) is 18.2 Å². The molecule has 0 spiro atoms. The molecule has 5 nitrogen and oxygen atoms in total. The Labute approximate surface area is 88.5 Å². The largest absolute Gasteiger partial charge is 0.352 e. The summed E-state index contributed by atoms with van der Waals surface area (Å²) in [6.07, 6.45) is 5.54. The molecule has 1 atom stereocenters. The first kappa shape index (κ1) is 9.76. The van der Waals surface area contributed by atoms with Crippen LogP contribution in [0.2, 0.25) is 0 Å². The van der Waals surface area contributed by atoms with Gasteiger partial charge >= 0.3 is 0 Å². The highest BCUT2D eigenvalue weighted by Gasteiger charge is 2.04. The number of aromatic amines is 1. The number of imidazole rings is 1. The zero-order chi connectivity index (χ0) is 10.7. The van der Waals surface area contributed by atoms with Gasteiger partial charge in [-0.05, 0) is 19.9 Å². The number of H-pyrrole nitrogens is 1. The minimum Gasteiger partial charge on any atom is -0.352 e. The van der Waals surface area contributed by atoms with Crippen LogP contribution in [0.3, 0.4) is 0 Å². The molecular formula is C10H15N5. The molecule has 0 saturated heterocycles. The summed E-state index contributed by atoms with van der Waals surface area (Å²) in [6, 6.07) is 2.21. The Morgan fingerprint density at radius 1 is 1.60 bits per heavy atom. The number of anilines is 1. The van der Waals surface area contributed by atoms with Crippen LogP contribution in [0.15, 0.2) is 24.7 Å². The van der Waals surface area contributed by atoms with E-state index in [2.05, 4.69) is 27.3 Å². The van der Waals surface area contributed by atoms with Gasteiger partial charge in [-0.3, -0.25) is 4.68 Å². The zero-order valence-electron chi connectivity index (χ0n) is 8.94. The number of aryl methyl sites for hydroxylation is 1. The Hall–Kier alpha value is -1.78. The molecule has 0 radical (unpaired) electrons. The second kappa shape index (κ2) is 4.16. The molecule has 0 amide bonds. The van der Waals surface area contributed by atoms with E-state index in [1.807, 2.05) is 30.1 Å². The molecule has 0 aliphatic carbocycles. The van der Waals surface area contributed by atoms with E-state index in [1.165, 1.54) is 0 Å². The van der Waals surface area contributed by atoms with Crippen molar-refractivity contribution in [3.63, 3.8) is 0 Å². The smallest absolute Gasteiger partial charge is 0.200 e. The summed E-state index contributed by atoms with van der Waals surface area (Å²) in [4.78, 5) is 7.32. The first-order valence-electron chi connectivity index (χ1n) is 4.99. The fraction of sp³-hybridized carbons (Fsp3) is 0.400. The molecule has 1 unspecified atom stereocenters. The third-order valence-corrected chi connectivity index (χ3v) is 2.11. The highest BCUT2D eigenvalue weighted by Crippen LogP contribution is 2.03. The maximum atomic E-state index is 4.19. The first-order valence-corrected chi connectivity index (χ1v) is 4.99. The lowest BCUT2D eigenvalue weighted by Gasteiger charge is -2.12. The van der Waals surface area contributed by atoms with Crippen LogP contribution in [0.5, 0.6) is 0 Å². The van der Waals surface area contributed by atoms with Crippen LogP contribution in [0.1, 0.15) is 12.6 Å². The molecule has 0 aromatic carbocycles. The Balaban J connectivity index is 1.90. The predicted octanol–water partition coefficient (Wildman–Crippen LogP) is 1.42. The number of hydrogen-bond acceptors (Lipinski definition) is 3. The molecule has 0 aliphatic heterocycles. The zero-order valence-corrected chi connectivity index (χ0v) is 8.94. The van der Waals surface area contributed by atoms with Gasteiger partial charge in [-0.15, -0.1) is 0 Å². The second-order valence-corrected chi connectivity index (χ2v) is 3.69. The summed E-state index contributed by atoms with van der Waals surface area (Å²) < 4.78 is 1.90. The van der Waals surface area contributed by atoms with Crippen LogP contribution >= 0.6 is 0 Å². The van der Waals surface area contributed by atoms with Crippen LogP contribution in [0.4, 0.5) is 5.95 Å². The van der Waals surface area contributed by atoms with Gasteiger partial charge in [0.2, 0.25) is 5.95 Å². The van der Waals surface area contributed by atoms with Gasteiger partial charge in [0.25, 0.3) is 0 Å². The average Bonchev–Trinajstić information content (AvgIpc) is 2.77. The maximum absolute atomic E-state index is 4.19. The van der Waals surface area contributed by atoms with Crippen LogP contribution in [0.25, 0.3) is 0 Å². The van der Waals surface area contributed by atoms with Crippen LogP contribution in [-0.2, 0) is 6.54 Å². The van der Waals surface area contributed by atoms with Crippen molar-refractivity contribution in [1.29, 1.82) is 0 Å². The first-order chi connectivity index (χ1) is 7.24. The van der Waals surface area contributed by atoms with Crippen LogP contribution in [0, 0.1) is 6.92 Å². The molecule has 2 aromatic rings. The van der Waals surface area contributed by atoms with Gasteiger partial charge in [-0.1, -0.05) is 0 Å². The summed E-state index contributed by atoms with van der Waals surface area (Å²) in [5, 5.41) is 7.42. The van der Waals surface area contributed by atoms with Crippen LogP contribution < -0.4 is 5.32 Å². The molecule has 2 aromatic heterocycles. The molecule has 0 aliphatic rings. The lowest BCUT2D eigenvalue weighted by molar-refractivity contribution is 0.559. The van der Waals surface area contributed by atoms with Crippen molar-refractivity contribution in [3.8, 4) is 0 Å². The average molecular weight is 205 g/mol. The quantitative estimate of drug-likeness (QED) is 0.793. The number of aromatic nitrogens is 4. The summed E-state index contributed by atoms with van der Waals surface area (Å²) in [7, 11) is 0. The van der Waals surface area contributed by atoms with Gasteiger partial charge in [0.05, 0.1) is 6.54 Å². The van der Waals surface area contributed by atoms with Crippen molar-refractivity contribution in [2.75, 3.05) is 5.32 Å². The van der Waals surface area contributed by atoms with Crippen molar-refractivity contribution in [2.24, 2.45) is 0 Å². The molecule has 0 fully saturated rings. The fourth-order valence-corrected chi connectivity index (χ4v) is 1.45. The second-order valence-electron chi connectivity index (χ2n) is 3.69. The van der Waals surface area contributed by atoms with E-state index < -0.39 is 0 Å². The summed E-state index contributed by atoms with van der Waals surface area (Å²) in [5.41, 5.74) is 1.06. The van der Waals surface area contributed by atoms with E-state index in [9.17, 15) is 0 Å². The predicted molar refractivity (Wildman–Crippen MR) is 58.6 cm³/mol. The number of rotatable bonds is 4. The number of hydrogen-bond donors (Lipinski definition) is 2. The molecule has 0 saturated carbocycles. The van der Waals surface area contributed by atoms with Gasteiger partial charge in [-0.2, -0.15) is 5.10 Å².